The molecule has 1 rings (SSSR count). The van der Waals surface area contributed by atoms with Crippen LogP contribution in [0.4, 0.5) is 0 Å². The molecule has 3 nitrogen and oxygen atoms in total. The fraction of sp³-hybridized carbons (Fsp3) is 0.600. The van der Waals surface area contributed by atoms with Gasteiger partial charge in [0.1, 0.15) is 5.75 Å². The highest BCUT2D eigenvalue weighted by atomic mass is 35.5. The first-order chi connectivity index (χ1) is 8.45. The third-order valence-electron chi connectivity index (χ3n) is 3.23. The monoisotopic (exact) mass is 287 g/mol. The number of hydrogen-bond acceptors (Lipinski definition) is 3. The minimum Gasteiger partial charge on any atom is -0.491 e. The van der Waals surface area contributed by atoms with E-state index in [0.29, 0.717) is 0 Å². The molecule has 4 heteroatoms. The highest BCUT2D eigenvalue weighted by Gasteiger charge is 2.21. The van der Waals surface area contributed by atoms with Crippen LogP contribution in [0.5, 0.6) is 5.75 Å². The third kappa shape index (κ3) is 5.39. The van der Waals surface area contributed by atoms with Crippen molar-refractivity contribution in [3.63, 3.8) is 0 Å². The van der Waals surface area contributed by atoms with Gasteiger partial charge in [0.2, 0.25) is 0 Å². The summed E-state index contributed by atoms with van der Waals surface area (Å²) in [6, 6.07) is 7.31. The molecule has 3 atom stereocenters. The Morgan fingerprint density at radius 2 is 1.68 bits per heavy atom. The summed E-state index contributed by atoms with van der Waals surface area (Å²) in [5, 5.41) is 10.1. The molecule has 1 aromatic rings. The van der Waals surface area contributed by atoms with E-state index in [1.165, 1.54) is 0 Å². The summed E-state index contributed by atoms with van der Waals surface area (Å²) in [7, 11) is 0. The van der Waals surface area contributed by atoms with E-state index in [1.807, 2.05) is 45.0 Å². The van der Waals surface area contributed by atoms with Crippen LogP contribution in [-0.4, -0.2) is 17.3 Å². The van der Waals surface area contributed by atoms with Crippen molar-refractivity contribution in [2.45, 2.75) is 52.4 Å². The van der Waals surface area contributed by atoms with Gasteiger partial charge in [-0.1, -0.05) is 32.4 Å². The molecule has 3 N–H and O–H groups in total. The van der Waals surface area contributed by atoms with E-state index in [-0.39, 0.29) is 30.5 Å². The molecule has 0 fully saturated rings. The average molecular weight is 288 g/mol. The molecule has 0 aliphatic heterocycles. The zero-order valence-electron chi connectivity index (χ0n) is 12.2. The van der Waals surface area contributed by atoms with Gasteiger partial charge in [-0.2, -0.15) is 0 Å². The lowest BCUT2D eigenvalue weighted by Crippen LogP contribution is -2.31. The van der Waals surface area contributed by atoms with Crippen molar-refractivity contribution < 1.29 is 9.84 Å². The van der Waals surface area contributed by atoms with E-state index in [4.69, 9.17) is 10.5 Å². The average Bonchev–Trinajstić information content (AvgIpc) is 2.36. The number of rotatable bonds is 6. The highest BCUT2D eigenvalue weighted by Crippen LogP contribution is 2.23. The molecule has 0 aliphatic rings. The number of aliphatic hydroxyl groups excluding tert-OH is 1. The van der Waals surface area contributed by atoms with Crippen molar-refractivity contribution in [2.24, 2.45) is 11.7 Å². The maximum Gasteiger partial charge on any atom is 0.119 e. The number of nitrogens with two attached hydrogens (primary N) is 1. The van der Waals surface area contributed by atoms with E-state index in [1.54, 1.807) is 0 Å². The Balaban J connectivity index is 0.00000324. The van der Waals surface area contributed by atoms with Crippen LogP contribution >= 0.6 is 12.4 Å². The van der Waals surface area contributed by atoms with Crippen LogP contribution in [0.1, 0.15) is 45.7 Å². The normalized spacial score (nSPS) is 15.5. The van der Waals surface area contributed by atoms with Crippen molar-refractivity contribution >= 4 is 12.4 Å². The summed E-state index contributed by atoms with van der Waals surface area (Å²) < 4.78 is 5.57. The minimum absolute atomic E-state index is 0. The van der Waals surface area contributed by atoms with E-state index in [0.717, 1.165) is 17.7 Å². The van der Waals surface area contributed by atoms with Crippen molar-refractivity contribution in [3.05, 3.63) is 29.8 Å². The maximum absolute atomic E-state index is 10.1. The van der Waals surface area contributed by atoms with Gasteiger partial charge in [-0.25, -0.2) is 0 Å². The second-order valence-corrected chi connectivity index (χ2v) is 5.14. The molecule has 0 amide bonds. The SMILES string of the molecule is CCC(C)[C@H](O)[C@H](N)c1ccc(OC(C)C)cc1.Cl. The molecule has 0 saturated heterocycles. The molecule has 0 aliphatic carbocycles. The molecule has 1 aromatic carbocycles. The van der Waals surface area contributed by atoms with Crippen LogP contribution in [0.3, 0.4) is 0 Å². The maximum atomic E-state index is 10.1. The summed E-state index contributed by atoms with van der Waals surface area (Å²) in [6.07, 6.45) is 0.575. The Morgan fingerprint density at radius 1 is 1.16 bits per heavy atom. The number of ether oxygens (including phenoxy) is 1. The van der Waals surface area contributed by atoms with E-state index >= 15 is 0 Å². The highest BCUT2D eigenvalue weighted by molar-refractivity contribution is 5.85. The Hall–Kier alpha value is -0.770. The van der Waals surface area contributed by atoms with Crippen LogP contribution in [-0.2, 0) is 0 Å². The molecule has 0 spiro atoms. The van der Waals surface area contributed by atoms with Crippen LogP contribution in [0.2, 0.25) is 0 Å². The lowest BCUT2D eigenvalue weighted by molar-refractivity contribution is 0.0879. The number of hydrogen-bond donors (Lipinski definition) is 2. The van der Waals surface area contributed by atoms with Gasteiger partial charge < -0.3 is 15.6 Å². The molecule has 0 heterocycles. The Labute approximate surface area is 122 Å². The molecule has 0 saturated carbocycles. The van der Waals surface area contributed by atoms with E-state index in [9.17, 15) is 5.11 Å². The summed E-state index contributed by atoms with van der Waals surface area (Å²) in [6.45, 7) is 8.06. The topological polar surface area (TPSA) is 55.5 Å². The van der Waals surface area contributed by atoms with E-state index in [2.05, 4.69) is 6.92 Å². The van der Waals surface area contributed by atoms with Gasteiger partial charge >= 0.3 is 0 Å². The molecule has 1 unspecified atom stereocenters. The molecular weight excluding hydrogens is 262 g/mol. The summed E-state index contributed by atoms with van der Waals surface area (Å²) >= 11 is 0. The van der Waals surface area contributed by atoms with Crippen molar-refractivity contribution in [2.75, 3.05) is 0 Å². The predicted molar refractivity (Wildman–Crippen MR) is 81.8 cm³/mol. The van der Waals surface area contributed by atoms with Gasteiger partial charge in [0.15, 0.2) is 0 Å². The van der Waals surface area contributed by atoms with Gasteiger partial charge in [-0.3, -0.25) is 0 Å². The summed E-state index contributed by atoms with van der Waals surface area (Å²) in [5.74, 6) is 1.03. The van der Waals surface area contributed by atoms with Crippen LogP contribution in [0.15, 0.2) is 24.3 Å². The summed E-state index contributed by atoms with van der Waals surface area (Å²) in [4.78, 5) is 0. The number of halogens is 1. The largest absolute Gasteiger partial charge is 0.491 e. The molecule has 19 heavy (non-hydrogen) atoms. The Bertz CT molecular complexity index is 354. The minimum atomic E-state index is -0.508. The van der Waals surface area contributed by atoms with Gasteiger partial charge in [-0.15, -0.1) is 12.4 Å². The Morgan fingerprint density at radius 3 is 2.11 bits per heavy atom. The lowest BCUT2D eigenvalue weighted by Gasteiger charge is -2.24. The molecular formula is C15H26ClNO2. The molecule has 0 radical (unpaired) electrons. The van der Waals surface area contributed by atoms with Crippen LogP contribution in [0, 0.1) is 5.92 Å². The fourth-order valence-corrected chi connectivity index (χ4v) is 1.83. The molecule has 0 aromatic heterocycles. The van der Waals surface area contributed by atoms with Crippen molar-refractivity contribution in [1.82, 2.24) is 0 Å². The second-order valence-electron chi connectivity index (χ2n) is 5.14. The van der Waals surface area contributed by atoms with Gasteiger partial charge in [0, 0.05) is 0 Å². The smallest absolute Gasteiger partial charge is 0.119 e. The zero-order valence-corrected chi connectivity index (χ0v) is 13.0. The van der Waals surface area contributed by atoms with Gasteiger partial charge in [-0.05, 0) is 37.5 Å². The van der Waals surface area contributed by atoms with E-state index < -0.39 is 6.10 Å². The van der Waals surface area contributed by atoms with Gasteiger partial charge in [0.25, 0.3) is 0 Å². The first-order valence-electron chi connectivity index (χ1n) is 6.66. The standard InChI is InChI=1S/C15H25NO2.ClH/c1-5-11(4)15(17)14(16)12-6-8-13(9-7-12)18-10(2)3;/h6-11,14-15,17H,5,16H2,1-4H3;1H/t11?,14-,15+;/m1./s1. The Kier molecular flexibility index (Phi) is 8.07. The second kappa shape index (κ2) is 8.41. The van der Waals surface area contributed by atoms with Gasteiger partial charge in [0.05, 0.1) is 18.2 Å². The first-order valence-corrected chi connectivity index (χ1v) is 6.66. The van der Waals surface area contributed by atoms with Crippen LogP contribution in [0.25, 0.3) is 0 Å². The predicted octanol–water partition coefficient (Wildman–Crippen LogP) is 3.30. The molecule has 0 bridgehead atoms. The quantitative estimate of drug-likeness (QED) is 0.844. The zero-order chi connectivity index (χ0) is 13.7. The fourth-order valence-electron chi connectivity index (χ4n) is 1.83. The first kappa shape index (κ1) is 18.2. The number of benzene rings is 1. The van der Waals surface area contributed by atoms with Crippen LogP contribution < -0.4 is 10.5 Å². The lowest BCUT2D eigenvalue weighted by atomic mass is 9.91. The third-order valence-corrected chi connectivity index (χ3v) is 3.23. The number of aliphatic hydroxyl groups is 1. The summed E-state index contributed by atoms with van der Waals surface area (Å²) in [5.41, 5.74) is 7.02. The molecule has 110 valence electrons. The van der Waals surface area contributed by atoms with Crippen molar-refractivity contribution in [3.8, 4) is 5.75 Å². The van der Waals surface area contributed by atoms with Crippen molar-refractivity contribution in [1.29, 1.82) is 0 Å².